The molecule has 98 valence electrons. The second kappa shape index (κ2) is 6.75. The molecule has 2 heteroatoms. The van der Waals surface area contributed by atoms with Crippen molar-refractivity contribution in [3.05, 3.63) is 24.4 Å². The molecule has 0 unspecified atom stereocenters. The molecule has 0 atom stereocenters. The van der Waals surface area contributed by atoms with Crippen LogP contribution in [0, 0.1) is 10.8 Å². The van der Waals surface area contributed by atoms with Crippen LogP contribution in [0.15, 0.2) is 29.4 Å². The van der Waals surface area contributed by atoms with E-state index in [2.05, 4.69) is 38.8 Å². The molecule has 17 heavy (non-hydrogen) atoms. The van der Waals surface area contributed by atoms with Crippen molar-refractivity contribution >= 4 is 5.71 Å². The van der Waals surface area contributed by atoms with E-state index in [0.717, 1.165) is 12.1 Å². The first-order valence-electron chi connectivity index (χ1n) is 6.31. The Balaban J connectivity index is 5.09. The molecular formula is C15H28N2. The summed E-state index contributed by atoms with van der Waals surface area (Å²) in [5.41, 5.74) is 7.10. The van der Waals surface area contributed by atoms with Gasteiger partial charge in [0.1, 0.15) is 0 Å². The van der Waals surface area contributed by atoms with Gasteiger partial charge in [-0.2, -0.15) is 0 Å². The molecule has 0 aromatic carbocycles. The number of aliphatic imine (C=N–C) groups is 1. The van der Waals surface area contributed by atoms with Crippen LogP contribution in [0.1, 0.15) is 48.0 Å². The number of hydrogen-bond donors (Lipinski definition) is 1. The fourth-order valence-electron chi connectivity index (χ4n) is 2.12. The average Bonchev–Trinajstić information content (AvgIpc) is 2.22. The van der Waals surface area contributed by atoms with Gasteiger partial charge in [-0.1, -0.05) is 39.8 Å². The van der Waals surface area contributed by atoms with E-state index in [4.69, 9.17) is 5.73 Å². The lowest BCUT2D eigenvalue weighted by molar-refractivity contribution is 0.261. The molecule has 0 aliphatic rings. The molecule has 0 aromatic rings. The van der Waals surface area contributed by atoms with Gasteiger partial charge in [0.15, 0.2) is 0 Å². The molecule has 0 fully saturated rings. The minimum Gasteiger partial charge on any atom is -0.330 e. The Morgan fingerprint density at radius 1 is 1.12 bits per heavy atom. The van der Waals surface area contributed by atoms with Gasteiger partial charge in [-0.25, -0.2) is 0 Å². The van der Waals surface area contributed by atoms with E-state index < -0.39 is 0 Å². The second-order valence-corrected chi connectivity index (χ2v) is 5.93. The maximum Gasteiger partial charge on any atom is 0.0456 e. The van der Waals surface area contributed by atoms with E-state index in [-0.39, 0.29) is 10.8 Å². The summed E-state index contributed by atoms with van der Waals surface area (Å²) in [4.78, 5) is 4.53. The lowest BCUT2D eigenvalue weighted by Crippen LogP contribution is -2.34. The molecule has 2 N–H and O–H groups in total. The smallest absolute Gasteiger partial charge is 0.0456 e. The Hall–Kier alpha value is -0.890. The summed E-state index contributed by atoms with van der Waals surface area (Å²) >= 11 is 0. The SMILES string of the molecule is C\C=C/N=C(\C=C/C)C(C)(C)CC(C)(C)CN. The molecular weight excluding hydrogens is 208 g/mol. The maximum atomic E-state index is 5.82. The van der Waals surface area contributed by atoms with Crippen molar-refractivity contribution in [3.8, 4) is 0 Å². The number of hydrogen-bond acceptors (Lipinski definition) is 2. The number of rotatable bonds is 6. The highest BCUT2D eigenvalue weighted by molar-refractivity contribution is 5.99. The predicted molar refractivity (Wildman–Crippen MR) is 78.3 cm³/mol. The zero-order valence-corrected chi connectivity index (χ0v) is 12.2. The monoisotopic (exact) mass is 236 g/mol. The van der Waals surface area contributed by atoms with Gasteiger partial charge in [-0.05, 0) is 38.3 Å². The van der Waals surface area contributed by atoms with Gasteiger partial charge in [-0.3, -0.25) is 4.99 Å². The number of nitrogens with zero attached hydrogens (tertiary/aromatic N) is 1. The first kappa shape index (κ1) is 16.1. The third kappa shape index (κ3) is 5.83. The van der Waals surface area contributed by atoms with Crippen molar-refractivity contribution in [2.24, 2.45) is 21.6 Å². The summed E-state index contributed by atoms with van der Waals surface area (Å²) in [6.07, 6.45) is 8.96. The Bertz CT molecular complexity index is 307. The van der Waals surface area contributed by atoms with Gasteiger partial charge in [0.25, 0.3) is 0 Å². The van der Waals surface area contributed by atoms with Crippen LogP contribution in [-0.2, 0) is 0 Å². The molecule has 0 aliphatic carbocycles. The zero-order chi connectivity index (χ0) is 13.5. The molecule has 0 spiro atoms. The third-order valence-electron chi connectivity index (χ3n) is 2.85. The van der Waals surface area contributed by atoms with Crippen molar-refractivity contribution in [1.82, 2.24) is 0 Å². The average molecular weight is 236 g/mol. The summed E-state index contributed by atoms with van der Waals surface area (Å²) in [5, 5.41) is 0. The lowest BCUT2D eigenvalue weighted by Gasteiger charge is -2.34. The van der Waals surface area contributed by atoms with E-state index in [1.807, 2.05) is 32.2 Å². The molecule has 0 radical (unpaired) electrons. The molecule has 2 nitrogen and oxygen atoms in total. The van der Waals surface area contributed by atoms with Gasteiger partial charge < -0.3 is 5.73 Å². The van der Waals surface area contributed by atoms with E-state index in [9.17, 15) is 0 Å². The number of allylic oxidation sites excluding steroid dienone is 3. The highest BCUT2D eigenvalue weighted by Gasteiger charge is 2.30. The molecule has 0 amide bonds. The van der Waals surface area contributed by atoms with Crippen molar-refractivity contribution < 1.29 is 0 Å². The quantitative estimate of drug-likeness (QED) is 0.697. The summed E-state index contributed by atoms with van der Waals surface area (Å²) in [5.74, 6) is 0. The molecule has 0 saturated carbocycles. The summed E-state index contributed by atoms with van der Waals surface area (Å²) in [6.45, 7) is 13.6. The van der Waals surface area contributed by atoms with Gasteiger partial charge in [-0.15, -0.1) is 0 Å². The minimum atomic E-state index is 0.0366. The van der Waals surface area contributed by atoms with Crippen LogP contribution in [0.4, 0.5) is 0 Å². The maximum absolute atomic E-state index is 5.82. The van der Waals surface area contributed by atoms with Crippen molar-refractivity contribution in [2.75, 3.05) is 6.54 Å². The number of nitrogens with two attached hydrogens (primary N) is 1. The van der Waals surface area contributed by atoms with Crippen LogP contribution in [0.3, 0.4) is 0 Å². The van der Waals surface area contributed by atoms with Crippen LogP contribution in [-0.4, -0.2) is 12.3 Å². The highest BCUT2D eigenvalue weighted by Crippen LogP contribution is 2.34. The second-order valence-electron chi connectivity index (χ2n) is 5.93. The molecule has 0 aromatic heterocycles. The lowest BCUT2D eigenvalue weighted by atomic mass is 9.72. The van der Waals surface area contributed by atoms with Crippen molar-refractivity contribution in [2.45, 2.75) is 48.0 Å². The Morgan fingerprint density at radius 3 is 2.12 bits per heavy atom. The zero-order valence-electron chi connectivity index (χ0n) is 12.2. The van der Waals surface area contributed by atoms with Crippen LogP contribution in [0.2, 0.25) is 0 Å². The standard InChI is InChI=1S/C15H28N2/c1-7-9-13(17-10-8-2)15(5,6)11-14(3,4)12-16/h7-10H,11-12,16H2,1-6H3/b9-7-,10-8-,17-13+. The summed E-state index contributed by atoms with van der Waals surface area (Å²) in [7, 11) is 0. The largest absolute Gasteiger partial charge is 0.330 e. The van der Waals surface area contributed by atoms with Crippen LogP contribution < -0.4 is 5.73 Å². The first-order chi connectivity index (χ1) is 7.79. The predicted octanol–water partition coefficient (Wildman–Crippen LogP) is 3.94. The van der Waals surface area contributed by atoms with Gasteiger partial charge >= 0.3 is 0 Å². The molecule has 0 aliphatic heterocycles. The normalized spacial score (nSPS) is 15.1. The fraction of sp³-hybridized carbons (Fsp3) is 0.667. The Morgan fingerprint density at radius 2 is 1.71 bits per heavy atom. The van der Waals surface area contributed by atoms with Gasteiger partial charge in [0.05, 0.1) is 0 Å². The molecule has 0 heterocycles. The highest BCUT2D eigenvalue weighted by atomic mass is 14.7. The summed E-state index contributed by atoms with van der Waals surface area (Å²) < 4.78 is 0. The first-order valence-corrected chi connectivity index (χ1v) is 6.31. The molecule has 0 bridgehead atoms. The van der Waals surface area contributed by atoms with Crippen molar-refractivity contribution in [3.63, 3.8) is 0 Å². The van der Waals surface area contributed by atoms with E-state index in [0.29, 0.717) is 6.54 Å². The van der Waals surface area contributed by atoms with E-state index in [1.54, 1.807) is 0 Å². The van der Waals surface area contributed by atoms with Gasteiger partial charge in [0.2, 0.25) is 0 Å². The van der Waals surface area contributed by atoms with E-state index >= 15 is 0 Å². The fourth-order valence-corrected chi connectivity index (χ4v) is 2.12. The Labute approximate surface area is 107 Å². The van der Waals surface area contributed by atoms with Crippen LogP contribution in [0.5, 0.6) is 0 Å². The van der Waals surface area contributed by atoms with Crippen LogP contribution >= 0.6 is 0 Å². The topological polar surface area (TPSA) is 38.4 Å². The van der Waals surface area contributed by atoms with E-state index in [1.165, 1.54) is 0 Å². The van der Waals surface area contributed by atoms with Crippen LogP contribution in [0.25, 0.3) is 0 Å². The minimum absolute atomic E-state index is 0.0366. The van der Waals surface area contributed by atoms with Crippen molar-refractivity contribution in [1.29, 1.82) is 0 Å². The third-order valence-corrected chi connectivity index (χ3v) is 2.85. The van der Waals surface area contributed by atoms with Gasteiger partial charge in [0, 0.05) is 17.3 Å². The molecule has 0 rings (SSSR count). The molecule has 0 saturated heterocycles. The summed E-state index contributed by atoms with van der Waals surface area (Å²) in [6, 6.07) is 0. The Kier molecular flexibility index (Phi) is 6.40.